The molecule has 1 saturated carbocycles. The molecule has 28 heavy (non-hydrogen) atoms. The molecule has 0 radical (unpaired) electrons. The molecule has 2 aliphatic rings. The van der Waals surface area contributed by atoms with E-state index in [2.05, 4.69) is 69.1 Å². The van der Waals surface area contributed by atoms with E-state index >= 15 is 0 Å². The molecule has 2 N–H and O–H groups in total. The summed E-state index contributed by atoms with van der Waals surface area (Å²) in [6.07, 6.45) is 7.18. The third kappa shape index (κ3) is 6.13. The van der Waals surface area contributed by atoms with Gasteiger partial charge in [-0.15, -0.1) is 0 Å². The van der Waals surface area contributed by atoms with E-state index < -0.39 is 0 Å². The number of nitrogens with zero attached hydrogens (tertiary/aromatic N) is 3. The summed E-state index contributed by atoms with van der Waals surface area (Å²) < 4.78 is 0. The second-order valence-corrected chi connectivity index (χ2v) is 9.23. The van der Waals surface area contributed by atoms with Crippen LogP contribution in [0.3, 0.4) is 0 Å². The summed E-state index contributed by atoms with van der Waals surface area (Å²) in [5.41, 5.74) is 1.43. The van der Waals surface area contributed by atoms with Gasteiger partial charge in [0.25, 0.3) is 0 Å². The summed E-state index contributed by atoms with van der Waals surface area (Å²) in [7, 11) is 4.11. The first kappa shape index (κ1) is 21.5. The summed E-state index contributed by atoms with van der Waals surface area (Å²) in [4.78, 5) is 9.52. The predicted octanol–water partition coefficient (Wildman–Crippen LogP) is 2.81. The van der Waals surface area contributed by atoms with Crippen LogP contribution in [0.1, 0.15) is 37.3 Å². The van der Waals surface area contributed by atoms with Crippen LogP contribution in [-0.4, -0.2) is 80.1 Å². The molecule has 1 aliphatic carbocycles. The van der Waals surface area contributed by atoms with Gasteiger partial charge in [-0.2, -0.15) is 11.8 Å². The first-order chi connectivity index (χ1) is 13.7. The van der Waals surface area contributed by atoms with Gasteiger partial charge in [0, 0.05) is 57.1 Å². The number of hydrogen-bond acceptors (Lipinski definition) is 4. The average Bonchev–Trinajstić information content (AvgIpc) is 3.19. The van der Waals surface area contributed by atoms with E-state index in [4.69, 9.17) is 0 Å². The zero-order valence-electron chi connectivity index (χ0n) is 17.7. The molecule has 156 valence electrons. The largest absolute Gasteiger partial charge is 0.356 e. The van der Waals surface area contributed by atoms with Crippen LogP contribution in [0.5, 0.6) is 0 Å². The van der Waals surface area contributed by atoms with E-state index in [0.717, 1.165) is 50.4 Å². The summed E-state index contributed by atoms with van der Waals surface area (Å²) in [6, 6.07) is 12.0. The van der Waals surface area contributed by atoms with Crippen molar-refractivity contribution in [2.75, 3.05) is 53.1 Å². The van der Waals surface area contributed by atoms with E-state index in [1.807, 2.05) is 18.8 Å². The van der Waals surface area contributed by atoms with Gasteiger partial charge in [-0.05, 0) is 44.6 Å². The number of guanidine groups is 1. The molecule has 1 aromatic rings. The highest BCUT2D eigenvalue weighted by atomic mass is 32.2. The van der Waals surface area contributed by atoms with Gasteiger partial charge < -0.3 is 15.5 Å². The SMILES string of the molecule is CN=C(NCCCN1CCN(C)CC1c1ccccc1)NC1CCC(SC)C1. The molecule has 3 atom stereocenters. The smallest absolute Gasteiger partial charge is 0.191 e. The molecule has 0 spiro atoms. The molecule has 0 bridgehead atoms. The molecule has 0 aromatic heterocycles. The number of nitrogens with one attached hydrogen (secondary N) is 2. The Morgan fingerprint density at radius 2 is 2.04 bits per heavy atom. The van der Waals surface area contributed by atoms with E-state index in [-0.39, 0.29) is 0 Å². The lowest BCUT2D eigenvalue weighted by Crippen LogP contribution is -2.48. The normalized spacial score (nSPS) is 27.1. The van der Waals surface area contributed by atoms with Crippen LogP contribution in [-0.2, 0) is 0 Å². The Morgan fingerprint density at radius 1 is 1.21 bits per heavy atom. The Balaban J connectivity index is 1.43. The van der Waals surface area contributed by atoms with E-state index in [1.54, 1.807) is 0 Å². The topological polar surface area (TPSA) is 42.9 Å². The van der Waals surface area contributed by atoms with Gasteiger partial charge in [-0.1, -0.05) is 30.3 Å². The minimum atomic E-state index is 0.499. The van der Waals surface area contributed by atoms with Crippen molar-refractivity contribution >= 4 is 17.7 Å². The fraction of sp³-hybridized carbons (Fsp3) is 0.682. The molecule has 3 unspecified atom stereocenters. The Hall–Kier alpha value is -1.24. The Labute approximate surface area is 175 Å². The van der Waals surface area contributed by atoms with Gasteiger partial charge in [0.2, 0.25) is 0 Å². The third-order valence-corrected chi connectivity index (χ3v) is 7.17. The molecule has 1 heterocycles. The molecule has 6 heteroatoms. The van der Waals surface area contributed by atoms with Crippen LogP contribution in [0, 0.1) is 0 Å². The quantitative estimate of drug-likeness (QED) is 0.416. The highest BCUT2D eigenvalue weighted by Gasteiger charge is 2.26. The molecule has 2 fully saturated rings. The average molecular weight is 404 g/mol. The number of rotatable bonds is 7. The monoisotopic (exact) mass is 403 g/mol. The van der Waals surface area contributed by atoms with Crippen molar-refractivity contribution in [3.63, 3.8) is 0 Å². The number of piperazine rings is 1. The van der Waals surface area contributed by atoms with E-state index in [1.165, 1.54) is 24.8 Å². The molecule has 1 saturated heterocycles. The third-order valence-electron chi connectivity index (χ3n) is 6.08. The summed E-state index contributed by atoms with van der Waals surface area (Å²) >= 11 is 2.00. The summed E-state index contributed by atoms with van der Waals surface area (Å²) in [5.74, 6) is 0.963. The summed E-state index contributed by atoms with van der Waals surface area (Å²) in [6.45, 7) is 5.49. The lowest BCUT2D eigenvalue weighted by molar-refractivity contribution is 0.0891. The number of aliphatic imine (C=N–C) groups is 1. The van der Waals surface area contributed by atoms with Crippen molar-refractivity contribution in [3.05, 3.63) is 35.9 Å². The van der Waals surface area contributed by atoms with Gasteiger partial charge in [0.05, 0.1) is 0 Å². The van der Waals surface area contributed by atoms with Crippen molar-refractivity contribution < 1.29 is 0 Å². The molecular weight excluding hydrogens is 366 g/mol. The van der Waals surface area contributed by atoms with Crippen molar-refractivity contribution in [1.82, 2.24) is 20.4 Å². The molecule has 5 nitrogen and oxygen atoms in total. The predicted molar refractivity (Wildman–Crippen MR) is 122 cm³/mol. The first-order valence-corrected chi connectivity index (χ1v) is 12.0. The molecular formula is C22H37N5S. The van der Waals surface area contributed by atoms with Crippen LogP contribution < -0.4 is 10.6 Å². The number of benzene rings is 1. The number of hydrogen-bond donors (Lipinski definition) is 2. The summed E-state index contributed by atoms with van der Waals surface area (Å²) in [5, 5.41) is 7.95. The minimum Gasteiger partial charge on any atom is -0.356 e. The number of thioether (sulfide) groups is 1. The van der Waals surface area contributed by atoms with Crippen molar-refractivity contribution in [2.24, 2.45) is 4.99 Å². The second-order valence-electron chi connectivity index (χ2n) is 8.09. The van der Waals surface area contributed by atoms with E-state index in [0.29, 0.717) is 12.1 Å². The maximum atomic E-state index is 4.43. The van der Waals surface area contributed by atoms with Crippen molar-refractivity contribution in [3.8, 4) is 0 Å². The second kappa shape index (κ2) is 11.1. The lowest BCUT2D eigenvalue weighted by Gasteiger charge is -2.40. The Kier molecular flexibility index (Phi) is 8.49. The van der Waals surface area contributed by atoms with Crippen LogP contribution in [0.4, 0.5) is 0 Å². The lowest BCUT2D eigenvalue weighted by atomic mass is 10.0. The van der Waals surface area contributed by atoms with E-state index in [9.17, 15) is 0 Å². The molecule has 1 aromatic carbocycles. The standard InChI is InChI=1S/C22H37N5S/c1-23-22(25-19-10-11-20(16-19)28-3)24-12-7-13-27-15-14-26(2)17-21(27)18-8-5-4-6-9-18/h4-6,8-9,19-21H,7,10-17H2,1-3H3,(H2,23,24,25). The first-order valence-electron chi connectivity index (χ1n) is 10.7. The zero-order chi connectivity index (χ0) is 19.8. The molecule has 3 rings (SSSR count). The molecule has 1 aliphatic heterocycles. The van der Waals surface area contributed by atoms with Gasteiger partial charge in [0.1, 0.15) is 0 Å². The van der Waals surface area contributed by atoms with Crippen molar-refractivity contribution in [2.45, 2.75) is 43.0 Å². The van der Waals surface area contributed by atoms with Crippen LogP contribution in [0.25, 0.3) is 0 Å². The van der Waals surface area contributed by atoms with Crippen LogP contribution in [0.2, 0.25) is 0 Å². The Morgan fingerprint density at radius 3 is 2.75 bits per heavy atom. The van der Waals surface area contributed by atoms with Gasteiger partial charge in [0.15, 0.2) is 5.96 Å². The number of likely N-dealkylation sites (N-methyl/N-ethyl adjacent to an activating group) is 1. The minimum absolute atomic E-state index is 0.499. The van der Waals surface area contributed by atoms with Gasteiger partial charge in [-0.3, -0.25) is 9.89 Å². The maximum absolute atomic E-state index is 4.43. The maximum Gasteiger partial charge on any atom is 0.191 e. The fourth-order valence-electron chi connectivity index (χ4n) is 4.38. The fourth-order valence-corrected chi connectivity index (χ4v) is 5.17. The van der Waals surface area contributed by atoms with Crippen molar-refractivity contribution in [1.29, 1.82) is 0 Å². The highest BCUT2D eigenvalue weighted by Crippen LogP contribution is 2.28. The van der Waals surface area contributed by atoms with Crippen LogP contribution >= 0.6 is 11.8 Å². The molecule has 0 amide bonds. The van der Waals surface area contributed by atoms with Gasteiger partial charge in [-0.25, -0.2) is 0 Å². The highest BCUT2D eigenvalue weighted by molar-refractivity contribution is 7.99. The van der Waals surface area contributed by atoms with Gasteiger partial charge >= 0.3 is 0 Å². The van der Waals surface area contributed by atoms with Crippen LogP contribution in [0.15, 0.2) is 35.3 Å². The zero-order valence-corrected chi connectivity index (χ0v) is 18.5. The Bertz CT molecular complexity index is 608.